The Hall–Kier alpha value is -3.12. The Morgan fingerprint density at radius 3 is 2.58 bits per heavy atom. The van der Waals surface area contributed by atoms with Gasteiger partial charge in [-0.15, -0.1) is 11.3 Å². The molecule has 0 saturated carbocycles. The third kappa shape index (κ3) is 4.94. The van der Waals surface area contributed by atoms with E-state index in [1.807, 2.05) is 48.5 Å². The lowest BCUT2D eigenvalue weighted by molar-refractivity contribution is -0.119. The Bertz CT molecular complexity index is 874. The molecule has 0 atom stereocenters. The lowest BCUT2D eigenvalue weighted by Gasteiger charge is -2.06. The number of hydrogen-bond acceptors (Lipinski definition) is 5. The molecule has 5 nitrogen and oxygen atoms in total. The van der Waals surface area contributed by atoms with Crippen molar-refractivity contribution < 1.29 is 9.53 Å². The Balaban J connectivity index is 1.47. The molecule has 6 heteroatoms. The fourth-order valence-corrected chi connectivity index (χ4v) is 3.16. The number of benzene rings is 2. The second-order valence-corrected chi connectivity index (χ2v) is 6.56. The smallest absolute Gasteiger partial charge is 0.259 e. The van der Waals surface area contributed by atoms with Crippen LogP contribution in [-0.2, 0) is 4.79 Å². The first-order chi connectivity index (χ1) is 12.7. The fraction of sp³-hybridized carbons (Fsp3) is 0.100. The molecule has 0 aliphatic heterocycles. The van der Waals surface area contributed by atoms with Gasteiger partial charge in [-0.3, -0.25) is 4.79 Å². The number of rotatable bonds is 7. The van der Waals surface area contributed by atoms with Crippen LogP contribution in [0.15, 0.2) is 71.8 Å². The predicted octanol–water partition coefficient (Wildman–Crippen LogP) is 3.99. The van der Waals surface area contributed by atoms with E-state index in [9.17, 15) is 4.79 Å². The lowest BCUT2D eigenvalue weighted by Crippen LogP contribution is -2.25. The zero-order valence-corrected chi connectivity index (χ0v) is 15.1. The molecule has 1 aromatic heterocycles. The van der Waals surface area contributed by atoms with Gasteiger partial charge in [0.1, 0.15) is 5.75 Å². The number of carbonyl (C=O) groups is 1. The number of carbonyl (C=O) groups excluding carboxylic acids is 1. The third-order valence-electron chi connectivity index (χ3n) is 3.61. The van der Waals surface area contributed by atoms with Crippen LogP contribution in [-0.4, -0.2) is 25.8 Å². The molecule has 0 radical (unpaired) electrons. The quantitative estimate of drug-likeness (QED) is 0.492. The zero-order chi connectivity index (χ0) is 18.2. The molecule has 0 aliphatic rings. The van der Waals surface area contributed by atoms with Gasteiger partial charge >= 0.3 is 0 Å². The van der Waals surface area contributed by atoms with Gasteiger partial charge in [-0.25, -0.2) is 5.43 Å². The summed E-state index contributed by atoms with van der Waals surface area (Å²) in [7, 11) is 1.62. The van der Waals surface area contributed by atoms with Crippen molar-refractivity contribution in [3.05, 3.63) is 71.6 Å². The van der Waals surface area contributed by atoms with Crippen LogP contribution in [0.2, 0.25) is 0 Å². The van der Waals surface area contributed by atoms with E-state index in [0.717, 1.165) is 16.3 Å². The second kappa shape index (κ2) is 8.82. The molecule has 2 aromatic carbocycles. The minimum Gasteiger partial charge on any atom is -0.497 e. The average molecular weight is 365 g/mol. The number of ether oxygens (including phenoxy) is 1. The Kier molecular flexibility index (Phi) is 6.01. The Labute approximate surface area is 156 Å². The summed E-state index contributed by atoms with van der Waals surface area (Å²) in [5.41, 5.74) is 4.54. The fourth-order valence-electron chi connectivity index (χ4n) is 2.28. The van der Waals surface area contributed by atoms with Crippen molar-refractivity contribution in [3.8, 4) is 16.2 Å². The summed E-state index contributed by atoms with van der Waals surface area (Å²) in [6.45, 7) is 0.142. The van der Waals surface area contributed by atoms with Crippen LogP contribution in [0.1, 0.15) is 4.88 Å². The number of hydrazone groups is 1. The SMILES string of the molecule is COc1ccc(NCC(=O)N/N=C\c2ccc(-c3ccccc3)s2)cc1. The van der Waals surface area contributed by atoms with Crippen molar-refractivity contribution in [3.63, 3.8) is 0 Å². The molecule has 26 heavy (non-hydrogen) atoms. The van der Waals surface area contributed by atoms with Crippen LogP contribution in [0.3, 0.4) is 0 Å². The lowest BCUT2D eigenvalue weighted by atomic mass is 10.2. The highest BCUT2D eigenvalue weighted by Crippen LogP contribution is 2.26. The average Bonchev–Trinajstić information content (AvgIpc) is 3.16. The second-order valence-electron chi connectivity index (χ2n) is 5.44. The molecule has 0 unspecified atom stereocenters. The van der Waals surface area contributed by atoms with Crippen molar-refractivity contribution >= 4 is 29.1 Å². The number of thiophene rings is 1. The molecule has 2 N–H and O–H groups in total. The van der Waals surface area contributed by atoms with Crippen LogP contribution in [0.5, 0.6) is 5.75 Å². The molecule has 132 valence electrons. The van der Waals surface area contributed by atoms with Crippen LogP contribution in [0.25, 0.3) is 10.4 Å². The highest BCUT2D eigenvalue weighted by atomic mass is 32.1. The van der Waals surface area contributed by atoms with E-state index in [2.05, 4.69) is 34.0 Å². The van der Waals surface area contributed by atoms with Gasteiger partial charge in [0.25, 0.3) is 5.91 Å². The van der Waals surface area contributed by atoms with Gasteiger partial charge in [-0.2, -0.15) is 5.10 Å². The normalized spacial score (nSPS) is 10.7. The van der Waals surface area contributed by atoms with E-state index in [1.54, 1.807) is 24.7 Å². The number of nitrogens with zero attached hydrogens (tertiary/aromatic N) is 1. The van der Waals surface area contributed by atoms with Gasteiger partial charge in [0.15, 0.2) is 0 Å². The summed E-state index contributed by atoms with van der Waals surface area (Å²) in [4.78, 5) is 14.0. The summed E-state index contributed by atoms with van der Waals surface area (Å²) < 4.78 is 5.09. The van der Waals surface area contributed by atoms with Crippen LogP contribution >= 0.6 is 11.3 Å². The van der Waals surface area contributed by atoms with Crippen molar-refractivity contribution in [2.75, 3.05) is 19.0 Å². The highest BCUT2D eigenvalue weighted by molar-refractivity contribution is 7.17. The standard InChI is InChI=1S/C20H19N3O2S/c1-25-17-9-7-16(8-10-17)21-14-20(24)23-22-13-18-11-12-19(26-18)15-5-3-2-4-6-15/h2-13,21H,14H2,1H3,(H,23,24)/b22-13-. The van der Waals surface area contributed by atoms with E-state index < -0.39 is 0 Å². The summed E-state index contributed by atoms with van der Waals surface area (Å²) in [6.07, 6.45) is 1.66. The van der Waals surface area contributed by atoms with Crippen LogP contribution < -0.4 is 15.5 Å². The topological polar surface area (TPSA) is 62.7 Å². The van der Waals surface area contributed by atoms with E-state index in [-0.39, 0.29) is 12.5 Å². The molecular formula is C20H19N3O2S. The van der Waals surface area contributed by atoms with Crippen molar-refractivity contribution in [2.45, 2.75) is 0 Å². The minimum atomic E-state index is -0.211. The van der Waals surface area contributed by atoms with Crippen LogP contribution in [0, 0.1) is 0 Å². The van der Waals surface area contributed by atoms with Gasteiger partial charge in [-0.1, -0.05) is 30.3 Å². The monoisotopic (exact) mass is 365 g/mol. The van der Waals surface area contributed by atoms with Crippen LogP contribution in [0.4, 0.5) is 5.69 Å². The maximum absolute atomic E-state index is 11.8. The summed E-state index contributed by atoms with van der Waals surface area (Å²) in [5.74, 6) is 0.562. The van der Waals surface area contributed by atoms with E-state index in [0.29, 0.717) is 0 Å². The van der Waals surface area contributed by atoms with Gasteiger partial charge in [0, 0.05) is 15.4 Å². The predicted molar refractivity (Wildman–Crippen MR) is 107 cm³/mol. The molecule has 3 rings (SSSR count). The van der Waals surface area contributed by atoms with Gasteiger partial charge in [0.2, 0.25) is 0 Å². The third-order valence-corrected chi connectivity index (χ3v) is 4.68. The molecule has 0 saturated heterocycles. The van der Waals surface area contributed by atoms with Crippen molar-refractivity contribution in [1.82, 2.24) is 5.43 Å². The largest absolute Gasteiger partial charge is 0.497 e. The van der Waals surface area contributed by atoms with Gasteiger partial charge in [-0.05, 0) is 42.0 Å². The van der Waals surface area contributed by atoms with E-state index in [4.69, 9.17) is 4.74 Å². The molecule has 0 aliphatic carbocycles. The summed E-state index contributed by atoms with van der Waals surface area (Å²) >= 11 is 1.62. The number of methoxy groups -OCH3 is 1. The van der Waals surface area contributed by atoms with Crippen molar-refractivity contribution in [2.24, 2.45) is 5.10 Å². The number of hydrogen-bond donors (Lipinski definition) is 2. The summed E-state index contributed by atoms with van der Waals surface area (Å²) in [6, 6.07) is 21.6. The zero-order valence-electron chi connectivity index (χ0n) is 14.3. The first kappa shape index (κ1) is 17.7. The number of anilines is 1. The van der Waals surface area contributed by atoms with Gasteiger partial charge < -0.3 is 10.1 Å². The Morgan fingerprint density at radius 1 is 1.08 bits per heavy atom. The maximum Gasteiger partial charge on any atom is 0.259 e. The Morgan fingerprint density at radius 2 is 1.85 bits per heavy atom. The molecule has 0 fully saturated rings. The van der Waals surface area contributed by atoms with E-state index >= 15 is 0 Å². The molecule has 1 heterocycles. The number of nitrogens with one attached hydrogen (secondary N) is 2. The first-order valence-corrected chi connectivity index (χ1v) is 8.91. The molecule has 1 amide bonds. The highest BCUT2D eigenvalue weighted by Gasteiger charge is 2.02. The molecule has 3 aromatic rings. The number of amides is 1. The van der Waals surface area contributed by atoms with Crippen molar-refractivity contribution in [1.29, 1.82) is 0 Å². The molecule has 0 bridgehead atoms. The molecular weight excluding hydrogens is 346 g/mol. The molecule has 0 spiro atoms. The first-order valence-electron chi connectivity index (χ1n) is 8.10. The van der Waals surface area contributed by atoms with E-state index in [1.165, 1.54) is 10.4 Å². The minimum absolute atomic E-state index is 0.142. The van der Waals surface area contributed by atoms with Gasteiger partial charge in [0.05, 0.1) is 19.9 Å². The maximum atomic E-state index is 11.8. The summed E-state index contributed by atoms with van der Waals surface area (Å²) in [5, 5.41) is 7.05.